The standard InChI is InChI=1S/C20H21F3N2O/c1-14-2-8-17(9-3-14)24-19(26)13-25(18-10-11-18)12-15-4-6-16(7-5-15)20(21,22)23/h2-9,18H,10-13H2,1H3,(H,24,26). The molecule has 1 amide bonds. The third-order valence-corrected chi connectivity index (χ3v) is 4.41. The van der Waals surface area contributed by atoms with E-state index >= 15 is 0 Å². The number of anilines is 1. The largest absolute Gasteiger partial charge is 0.416 e. The van der Waals surface area contributed by atoms with Gasteiger partial charge in [0.25, 0.3) is 0 Å². The molecule has 0 heterocycles. The van der Waals surface area contributed by atoms with Crippen LogP contribution in [-0.2, 0) is 17.5 Å². The second-order valence-electron chi connectivity index (χ2n) is 6.75. The van der Waals surface area contributed by atoms with Crippen molar-refractivity contribution in [1.82, 2.24) is 4.90 Å². The van der Waals surface area contributed by atoms with E-state index in [1.165, 1.54) is 12.1 Å². The number of amides is 1. The van der Waals surface area contributed by atoms with Gasteiger partial charge in [-0.2, -0.15) is 13.2 Å². The highest BCUT2D eigenvalue weighted by Gasteiger charge is 2.32. The first kappa shape index (κ1) is 18.5. The Morgan fingerprint density at radius 1 is 1.08 bits per heavy atom. The Balaban J connectivity index is 1.60. The van der Waals surface area contributed by atoms with Crippen LogP contribution in [0.1, 0.15) is 29.5 Å². The number of nitrogens with one attached hydrogen (secondary N) is 1. The molecular weight excluding hydrogens is 341 g/mol. The molecule has 1 aliphatic carbocycles. The maximum absolute atomic E-state index is 12.7. The molecule has 0 aromatic heterocycles. The zero-order chi connectivity index (χ0) is 18.7. The maximum Gasteiger partial charge on any atom is 0.416 e. The Bertz CT molecular complexity index is 750. The van der Waals surface area contributed by atoms with Gasteiger partial charge >= 0.3 is 6.18 Å². The minimum absolute atomic E-state index is 0.118. The van der Waals surface area contributed by atoms with Crippen LogP contribution in [0.15, 0.2) is 48.5 Å². The summed E-state index contributed by atoms with van der Waals surface area (Å²) in [5.41, 5.74) is 1.97. The van der Waals surface area contributed by atoms with Crippen LogP contribution in [0.25, 0.3) is 0 Å². The minimum Gasteiger partial charge on any atom is -0.325 e. The van der Waals surface area contributed by atoms with Crippen LogP contribution in [0, 0.1) is 6.92 Å². The van der Waals surface area contributed by atoms with Gasteiger partial charge in [-0.1, -0.05) is 29.8 Å². The molecule has 1 N–H and O–H groups in total. The lowest BCUT2D eigenvalue weighted by Gasteiger charge is -2.22. The van der Waals surface area contributed by atoms with Crippen LogP contribution in [0.4, 0.5) is 18.9 Å². The summed E-state index contributed by atoms with van der Waals surface area (Å²) in [5, 5.41) is 2.87. The lowest BCUT2D eigenvalue weighted by molar-refractivity contribution is -0.137. The van der Waals surface area contributed by atoms with E-state index in [0.29, 0.717) is 12.6 Å². The SMILES string of the molecule is Cc1ccc(NC(=O)CN(Cc2ccc(C(F)(F)F)cc2)C2CC2)cc1. The van der Waals surface area contributed by atoms with Gasteiger partial charge in [-0.3, -0.25) is 9.69 Å². The van der Waals surface area contributed by atoms with Crippen molar-refractivity contribution in [3.05, 3.63) is 65.2 Å². The first-order valence-electron chi connectivity index (χ1n) is 8.58. The molecule has 0 aliphatic heterocycles. The molecule has 0 saturated heterocycles. The summed E-state index contributed by atoms with van der Waals surface area (Å²) in [4.78, 5) is 14.3. The number of hydrogen-bond acceptors (Lipinski definition) is 2. The highest BCUT2D eigenvalue weighted by atomic mass is 19.4. The number of benzene rings is 2. The maximum atomic E-state index is 12.7. The van der Waals surface area contributed by atoms with Gasteiger partial charge in [-0.25, -0.2) is 0 Å². The van der Waals surface area contributed by atoms with E-state index in [1.54, 1.807) is 0 Å². The van der Waals surface area contributed by atoms with Gasteiger partial charge in [-0.15, -0.1) is 0 Å². The number of carbonyl (C=O) groups is 1. The molecule has 0 atom stereocenters. The van der Waals surface area contributed by atoms with Crippen LogP contribution in [-0.4, -0.2) is 23.4 Å². The predicted molar refractivity (Wildman–Crippen MR) is 94.7 cm³/mol. The van der Waals surface area contributed by atoms with Crippen LogP contribution in [0.2, 0.25) is 0 Å². The molecule has 2 aromatic rings. The van der Waals surface area contributed by atoms with Crippen molar-refractivity contribution in [1.29, 1.82) is 0 Å². The number of carbonyl (C=O) groups excluding carboxylic acids is 1. The topological polar surface area (TPSA) is 32.3 Å². The first-order chi connectivity index (χ1) is 12.3. The second kappa shape index (κ2) is 7.50. The highest BCUT2D eigenvalue weighted by Crippen LogP contribution is 2.31. The van der Waals surface area contributed by atoms with Crippen molar-refractivity contribution < 1.29 is 18.0 Å². The third kappa shape index (κ3) is 5.08. The number of rotatable bonds is 6. The average molecular weight is 362 g/mol. The zero-order valence-electron chi connectivity index (χ0n) is 14.5. The molecular formula is C20H21F3N2O. The second-order valence-corrected chi connectivity index (χ2v) is 6.75. The zero-order valence-corrected chi connectivity index (χ0v) is 14.5. The van der Waals surface area contributed by atoms with Gasteiger partial charge in [0.05, 0.1) is 12.1 Å². The Kier molecular flexibility index (Phi) is 5.32. The van der Waals surface area contributed by atoms with Gasteiger partial charge in [0.2, 0.25) is 5.91 Å². The van der Waals surface area contributed by atoms with Crippen LogP contribution >= 0.6 is 0 Å². The number of nitrogens with zero attached hydrogens (tertiary/aromatic N) is 1. The molecule has 26 heavy (non-hydrogen) atoms. The molecule has 0 unspecified atom stereocenters. The van der Waals surface area contributed by atoms with Crippen molar-refractivity contribution >= 4 is 11.6 Å². The van der Waals surface area contributed by atoms with Gasteiger partial charge in [0.1, 0.15) is 0 Å². The average Bonchev–Trinajstić information content (AvgIpc) is 3.41. The summed E-state index contributed by atoms with van der Waals surface area (Å²) in [7, 11) is 0. The number of alkyl halides is 3. The predicted octanol–water partition coefficient (Wildman–Crippen LogP) is 4.62. The fourth-order valence-corrected chi connectivity index (χ4v) is 2.81. The van der Waals surface area contributed by atoms with Crippen molar-refractivity contribution in [3.8, 4) is 0 Å². The van der Waals surface area contributed by atoms with E-state index in [0.717, 1.165) is 41.8 Å². The lowest BCUT2D eigenvalue weighted by Crippen LogP contribution is -2.34. The van der Waals surface area contributed by atoms with E-state index in [1.807, 2.05) is 36.1 Å². The van der Waals surface area contributed by atoms with Crippen LogP contribution in [0.5, 0.6) is 0 Å². The first-order valence-corrected chi connectivity index (χ1v) is 8.58. The molecule has 0 spiro atoms. The van der Waals surface area contributed by atoms with Gasteiger partial charge in [0.15, 0.2) is 0 Å². The highest BCUT2D eigenvalue weighted by molar-refractivity contribution is 5.92. The fraction of sp³-hybridized carbons (Fsp3) is 0.350. The van der Waals surface area contributed by atoms with Crippen LogP contribution in [0.3, 0.4) is 0 Å². The minimum atomic E-state index is -4.33. The summed E-state index contributed by atoms with van der Waals surface area (Å²) in [5.74, 6) is -0.118. The van der Waals surface area contributed by atoms with Crippen molar-refractivity contribution in [2.75, 3.05) is 11.9 Å². The molecule has 1 saturated carbocycles. The summed E-state index contributed by atoms with van der Waals surface area (Å²) in [6, 6.07) is 13.0. The van der Waals surface area contributed by atoms with Crippen LogP contribution < -0.4 is 5.32 Å². The van der Waals surface area contributed by atoms with Crippen molar-refractivity contribution in [2.45, 2.75) is 38.5 Å². The molecule has 6 heteroatoms. The summed E-state index contributed by atoms with van der Waals surface area (Å²) in [6.07, 6.45) is -2.31. The molecule has 3 rings (SSSR count). The monoisotopic (exact) mass is 362 g/mol. The van der Waals surface area contributed by atoms with E-state index in [4.69, 9.17) is 0 Å². The number of halogens is 3. The number of hydrogen-bond donors (Lipinski definition) is 1. The van der Waals surface area contributed by atoms with Gasteiger partial charge in [-0.05, 0) is 49.6 Å². The normalized spacial score (nSPS) is 14.5. The quantitative estimate of drug-likeness (QED) is 0.813. The number of aryl methyl sites for hydroxylation is 1. The lowest BCUT2D eigenvalue weighted by atomic mass is 10.1. The van der Waals surface area contributed by atoms with Crippen molar-refractivity contribution in [2.24, 2.45) is 0 Å². The summed E-state index contributed by atoms with van der Waals surface area (Å²) >= 11 is 0. The molecule has 2 aromatic carbocycles. The Labute approximate surface area is 150 Å². The molecule has 1 fully saturated rings. The van der Waals surface area contributed by atoms with Gasteiger partial charge in [0, 0.05) is 18.3 Å². The third-order valence-electron chi connectivity index (χ3n) is 4.41. The molecule has 138 valence electrons. The summed E-state index contributed by atoms with van der Waals surface area (Å²) < 4.78 is 38.0. The smallest absolute Gasteiger partial charge is 0.325 e. The Morgan fingerprint density at radius 2 is 1.69 bits per heavy atom. The Morgan fingerprint density at radius 3 is 2.23 bits per heavy atom. The fourth-order valence-electron chi connectivity index (χ4n) is 2.81. The van der Waals surface area contributed by atoms with E-state index in [-0.39, 0.29) is 12.5 Å². The molecule has 0 radical (unpaired) electrons. The molecule has 3 nitrogen and oxygen atoms in total. The van der Waals surface area contributed by atoms with E-state index in [9.17, 15) is 18.0 Å². The molecule has 0 bridgehead atoms. The Hall–Kier alpha value is -2.34. The van der Waals surface area contributed by atoms with E-state index < -0.39 is 11.7 Å². The summed E-state index contributed by atoms with van der Waals surface area (Å²) in [6.45, 7) is 2.66. The van der Waals surface area contributed by atoms with Gasteiger partial charge < -0.3 is 5.32 Å². The van der Waals surface area contributed by atoms with E-state index in [2.05, 4.69) is 5.32 Å². The molecule has 1 aliphatic rings. The van der Waals surface area contributed by atoms with Crippen molar-refractivity contribution in [3.63, 3.8) is 0 Å².